The molecule has 0 spiro atoms. The molecule has 90 valence electrons. The van der Waals surface area contributed by atoms with Crippen LogP contribution >= 0.6 is 0 Å². The SMILES string of the molecule is C=CC(=O)C(C)(C)NCCC(C)(C)OC#N. The van der Waals surface area contributed by atoms with E-state index in [4.69, 9.17) is 10.00 Å². The fourth-order valence-electron chi connectivity index (χ4n) is 1.19. The maximum atomic E-state index is 11.5. The van der Waals surface area contributed by atoms with Gasteiger partial charge in [0.1, 0.15) is 5.60 Å². The Kier molecular flexibility index (Phi) is 5.19. The summed E-state index contributed by atoms with van der Waals surface area (Å²) in [4.78, 5) is 11.5. The highest BCUT2D eigenvalue weighted by Crippen LogP contribution is 2.14. The number of ketones is 1. The molecule has 1 N–H and O–H groups in total. The van der Waals surface area contributed by atoms with Crippen LogP contribution in [0.2, 0.25) is 0 Å². The molecule has 0 fully saturated rings. The number of ether oxygens (including phenoxy) is 1. The van der Waals surface area contributed by atoms with Crippen LogP contribution in [0.1, 0.15) is 34.1 Å². The minimum Gasteiger partial charge on any atom is -0.421 e. The lowest BCUT2D eigenvalue weighted by molar-refractivity contribution is -0.119. The van der Waals surface area contributed by atoms with Gasteiger partial charge in [-0.05, 0) is 40.3 Å². The van der Waals surface area contributed by atoms with Crippen molar-refractivity contribution < 1.29 is 9.53 Å². The van der Waals surface area contributed by atoms with Crippen molar-refractivity contribution in [2.24, 2.45) is 0 Å². The molecule has 0 bridgehead atoms. The minimum atomic E-state index is -0.621. The molecule has 0 aliphatic rings. The second-order valence-electron chi connectivity index (χ2n) is 4.82. The van der Waals surface area contributed by atoms with E-state index in [0.717, 1.165) is 0 Å². The van der Waals surface area contributed by atoms with Gasteiger partial charge < -0.3 is 10.1 Å². The van der Waals surface area contributed by atoms with Crippen molar-refractivity contribution in [2.75, 3.05) is 6.54 Å². The van der Waals surface area contributed by atoms with Crippen molar-refractivity contribution in [3.8, 4) is 6.26 Å². The van der Waals surface area contributed by atoms with Crippen molar-refractivity contribution >= 4 is 5.78 Å². The second-order valence-corrected chi connectivity index (χ2v) is 4.82. The molecule has 0 saturated carbocycles. The van der Waals surface area contributed by atoms with Crippen LogP contribution in [0.15, 0.2) is 12.7 Å². The van der Waals surface area contributed by atoms with Crippen LogP contribution in [0.5, 0.6) is 0 Å². The zero-order valence-corrected chi connectivity index (χ0v) is 10.5. The summed E-state index contributed by atoms with van der Waals surface area (Å²) in [7, 11) is 0. The van der Waals surface area contributed by atoms with Gasteiger partial charge in [-0.3, -0.25) is 4.79 Å². The third-order valence-corrected chi connectivity index (χ3v) is 2.42. The van der Waals surface area contributed by atoms with Gasteiger partial charge in [0.05, 0.1) is 5.54 Å². The van der Waals surface area contributed by atoms with Gasteiger partial charge in [0.25, 0.3) is 6.26 Å². The first-order valence-electron chi connectivity index (χ1n) is 5.24. The molecule has 0 rings (SSSR count). The van der Waals surface area contributed by atoms with Gasteiger partial charge in [0.2, 0.25) is 0 Å². The molecule has 0 atom stereocenters. The first-order chi connectivity index (χ1) is 7.25. The topological polar surface area (TPSA) is 62.1 Å². The summed E-state index contributed by atoms with van der Waals surface area (Å²) in [6.45, 7) is 11.3. The Morgan fingerprint density at radius 3 is 2.50 bits per heavy atom. The molecule has 4 heteroatoms. The Balaban J connectivity index is 4.13. The highest BCUT2D eigenvalue weighted by molar-refractivity contribution is 5.96. The van der Waals surface area contributed by atoms with E-state index in [2.05, 4.69) is 11.9 Å². The quantitative estimate of drug-likeness (QED) is 0.529. The molecule has 0 amide bonds. The maximum Gasteiger partial charge on any atom is 0.286 e. The maximum absolute atomic E-state index is 11.5. The Morgan fingerprint density at radius 2 is 2.06 bits per heavy atom. The van der Waals surface area contributed by atoms with Crippen LogP contribution in [0.4, 0.5) is 0 Å². The Labute approximate surface area is 97.3 Å². The fourth-order valence-corrected chi connectivity index (χ4v) is 1.19. The lowest BCUT2D eigenvalue weighted by Gasteiger charge is -2.26. The van der Waals surface area contributed by atoms with Crippen molar-refractivity contribution in [1.29, 1.82) is 5.26 Å². The van der Waals surface area contributed by atoms with Crippen molar-refractivity contribution in [3.63, 3.8) is 0 Å². The van der Waals surface area contributed by atoms with Crippen molar-refractivity contribution in [3.05, 3.63) is 12.7 Å². The molecule has 0 saturated heterocycles. The molecular formula is C12H20N2O2. The number of hydrogen-bond acceptors (Lipinski definition) is 4. The number of nitrogens with one attached hydrogen (secondary N) is 1. The highest BCUT2D eigenvalue weighted by Gasteiger charge is 2.26. The summed E-state index contributed by atoms with van der Waals surface area (Å²) in [5.74, 6) is -0.0495. The van der Waals surface area contributed by atoms with Crippen LogP contribution in [0, 0.1) is 11.5 Å². The molecule has 4 nitrogen and oxygen atoms in total. The summed E-state index contributed by atoms with van der Waals surface area (Å²) in [5.41, 5.74) is -1.13. The van der Waals surface area contributed by atoms with E-state index in [9.17, 15) is 4.79 Å². The molecule has 0 aliphatic heterocycles. The largest absolute Gasteiger partial charge is 0.421 e. The Morgan fingerprint density at radius 1 is 1.50 bits per heavy atom. The second kappa shape index (κ2) is 5.66. The van der Waals surface area contributed by atoms with Gasteiger partial charge >= 0.3 is 0 Å². The van der Waals surface area contributed by atoms with Gasteiger partial charge in [-0.2, -0.15) is 5.26 Å². The van der Waals surface area contributed by atoms with E-state index in [0.29, 0.717) is 13.0 Å². The van der Waals surface area contributed by atoms with E-state index in [1.54, 1.807) is 20.1 Å². The zero-order valence-electron chi connectivity index (χ0n) is 10.5. The molecule has 0 aliphatic carbocycles. The number of rotatable bonds is 7. The Hall–Kier alpha value is -1.34. The monoisotopic (exact) mass is 224 g/mol. The van der Waals surface area contributed by atoms with E-state index >= 15 is 0 Å². The molecule has 0 aromatic carbocycles. The summed E-state index contributed by atoms with van der Waals surface area (Å²) >= 11 is 0. The van der Waals surface area contributed by atoms with Gasteiger partial charge in [0, 0.05) is 6.42 Å². The smallest absolute Gasteiger partial charge is 0.286 e. The molecule has 16 heavy (non-hydrogen) atoms. The van der Waals surface area contributed by atoms with Crippen LogP contribution in [-0.2, 0) is 9.53 Å². The van der Waals surface area contributed by atoms with Crippen LogP contribution < -0.4 is 5.32 Å². The van der Waals surface area contributed by atoms with E-state index in [1.165, 1.54) is 6.08 Å². The van der Waals surface area contributed by atoms with Gasteiger partial charge in [-0.15, -0.1) is 0 Å². The minimum absolute atomic E-state index is 0.0495. The molecule has 0 aromatic rings. The number of hydrogen-bond donors (Lipinski definition) is 1. The van der Waals surface area contributed by atoms with Crippen LogP contribution in [0.25, 0.3) is 0 Å². The third-order valence-electron chi connectivity index (χ3n) is 2.42. The van der Waals surface area contributed by atoms with E-state index in [-0.39, 0.29) is 5.78 Å². The molecule has 0 heterocycles. The molecule has 0 radical (unpaired) electrons. The average molecular weight is 224 g/mol. The van der Waals surface area contributed by atoms with Gasteiger partial charge in [0.15, 0.2) is 5.78 Å². The predicted octanol–water partition coefficient (Wildman–Crippen LogP) is 1.78. The summed E-state index contributed by atoms with van der Waals surface area (Å²) < 4.78 is 4.89. The van der Waals surface area contributed by atoms with E-state index < -0.39 is 11.1 Å². The molecule has 0 aromatic heterocycles. The molecule has 0 unspecified atom stereocenters. The first-order valence-corrected chi connectivity index (χ1v) is 5.24. The fraction of sp³-hybridized carbons (Fsp3) is 0.667. The Bertz CT molecular complexity index is 301. The zero-order chi connectivity index (χ0) is 12.8. The van der Waals surface area contributed by atoms with E-state index in [1.807, 2.05) is 13.8 Å². The highest BCUT2D eigenvalue weighted by atomic mass is 16.5. The normalized spacial score (nSPS) is 11.7. The third kappa shape index (κ3) is 4.94. The van der Waals surface area contributed by atoms with Crippen LogP contribution in [0.3, 0.4) is 0 Å². The van der Waals surface area contributed by atoms with Gasteiger partial charge in [-0.25, -0.2) is 0 Å². The summed E-state index contributed by atoms with van der Waals surface area (Å²) in [6.07, 6.45) is 3.64. The number of carbonyl (C=O) groups excluding carboxylic acids is 1. The average Bonchev–Trinajstić information content (AvgIpc) is 2.15. The number of nitrogens with zero attached hydrogens (tertiary/aromatic N) is 1. The number of nitriles is 1. The van der Waals surface area contributed by atoms with Crippen molar-refractivity contribution in [1.82, 2.24) is 5.32 Å². The first kappa shape index (κ1) is 14.7. The summed E-state index contributed by atoms with van der Waals surface area (Å²) in [5, 5.41) is 11.5. The number of carbonyl (C=O) groups is 1. The predicted molar refractivity (Wildman–Crippen MR) is 62.7 cm³/mol. The lowest BCUT2D eigenvalue weighted by Crippen LogP contribution is -2.47. The summed E-state index contributed by atoms with van der Waals surface area (Å²) in [6, 6.07) is 0. The van der Waals surface area contributed by atoms with Gasteiger partial charge in [-0.1, -0.05) is 6.58 Å². The van der Waals surface area contributed by atoms with Crippen LogP contribution in [-0.4, -0.2) is 23.5 Å². The molecular weight excluding hydrogens is 204 g/mol. The van der Waals surface area contributed by atoms with Crippen molar-refractivity contribution in [2.45, 2.75) is 45.3 Å². The standard InChI is InChI=1S/C12H20N2O2/c1-6-10(15)12(4,5)14-8-7-11(2,3)16-9-13/h6,14H,1,7-8H2,2-5H3. The lowest BCUT2D eigenvalue weighted by atomic mass is 9.97.